The van der Waals surface area contributed by atoms with Crippen molar-refractivity contribution in [3.8, 4) is 0 Å². The molecule has 0 fully saturated rings. The van der Waals surface area contributed by atoms with Crippen LogP contribution in [0.25, 0.3) is 0 Å². The Labute approximate surface area is 130 Å². The van der Waals surface area contributed by atoms with E-state index < -0.39 is 58.0 Å². The zero-order valence-corrected chi connectivity index (χ0v) is 12.4. The molecular weight excluding hydrogens is 314 g/mol. The number of Topliss-reactive ketones (excluding diaryl/α,β-unsaturated/α-hetero) is 2. The first-order chi connectivity index (χ1) is 10.7. The predicted octanol–water partition coefficient (Wildman–Crippen LogP) is -0.407. The normalized spacial score (nSPS) is 20.7. The van der Waals surface area contributed by atoms with Crippen LogP contribution in [0.5, 0.6) is 0 Å². The number of hydrogen-bond acceptors (Lipinski definition) is 9. The van der Waals surface area contributed by atoms with Gasteiger partial charge in [-0.15, -0.1) is 0 Å². The number of allylic oxidation sites excluding steroid dienone is 1. The molecule has 0 aromatic rings. The molecule has 1 aliphatic rings. The summed E-state index contributed by atoms with van der Waals surface area (Å²) in [6.45, 7) is 2.85. The van der Waals surface area contributed by atoms with Gasteiger partial charge in [0.1, 0.15) is 18.2 Å². The van der Waals surface area contributed by atoms with Gasteiger partial charge in [0.2, 0.25) is 0 Å². The smallest absolute Gasteiger partial charge is 0.337 e. The number of nitro groups is 2. The molecule has 0 radical (unpaired) electrons. The molecule has 0 saturated heterocycles. The number of rotatable bonds is 7. The summed E-state index contributed by atoms with van der Waals surface area (Å²) < 4.78 is 4.59. The molecule has 0 aromatic carbocycles. The molecule has 0 spiro atoms. The number of nitrogens with one attached hydrogen (secondary N) is 1. The van der Waals surface area contributed by atoms with Gasteiger partial charge in [-0.2, -0.15) is 0 Å². The number of carbonyl (C=O) groups excluding carboxylic acids is 3. The van der Waals surface area contributed by atoms with Gasteiger partial charge >= 0.3 is 23.5 Å². The number of ether oxygens (including phenoxy) is 1. The summed E-state index contributed by atoms with van der Waals surface area (Å²) in [6.07, 6.45) is -1.09. The molecule has 23 heavy (non-hydrogen) atoms. The van der Waals surface area contributed by atoms with Gasteiger partial charge in [0.25, 0.3) is 0 Å². The van der Waals surface area contributed by atoms with Crippen LogP contribution < -0.4 is 5.32 Å². The minimum Gasteiger partial charge on any atom is -0.466 e. The third-order valence-corrected chi connectivity index (χ3v) is 3.14. The van der Waals surface area contributed by atoms with Crippen molar-refractivity contribution in [1.82, 2.24) is 5.32 Å². The van der Waals surface area contributed by atoms with E-state index in [0.29, 0.717) is 0 Å². The highest BCUT2D eigenvalue weighted by Crippen LogP contribution is 2.20. The zero-order valence-electron chi connectivity index (χ0n) is 12.4. The number of ketones is 2. The molecule has 0 unspecified atom stereocenters. The molecule has 0 amide bonds. The monoisotopic (exact) mass is 329 g/mol. The van der Waals surface area contributed by atoms with Crippen LogP contribution in [0, 0.1) is 20.2 Å². The van der Waals surface area contributed by atoms with Gasteiger partial charge in [0.15, 0.2) is 0 Å². The highest BCUT2D eigenvalue weighted by molar-refractivity contribution is 6.00. The Kier molecular flexibility index (Phi) is 5.87. The fraction of sp³-hybridized carbons (Fsp3) is 0.583. The van der Waals surface area contributed by atoms with Crippen molar-refractivity contribution in [1.29, 1.82) is 0 Å². The summed E-state index contributed by atoms with van der Waals surface area (Å²) in [5.41, 5.74) is -1.06. The lowest BCUT2D eigenvalue weighted by Crippen LogP contribution is -2.54. The van der Waals surface area contributed by atoms with E-state index in [9.17, 15) is 34.6 Å². The maximum atomic E-state index is 12.0. The van der Waals surface area contributed by atoms with Crippen LogP contribution >= 0.6 is 0 Å². The van der Waals surface area contributed by atoms with Crippen LogP contribution in [0.1, 0.15) is 26.7 Å². The average Bonchev–Trinajstić information content (AvgIpc) is 2.36. The standard InChI is InChI=1S/C12H15N3O8/c1-3-23-9(17)5-7(16)4-8-11(15(21)22)12(18)10(14(19)20)6(2)13-8/h8,11,13H,3-5H2,1-2H3/t8-,11+/m0/s1. The minimum atomic E-state index is -1.97. The van der Waals surface area contributed by atoms with Crippen molar-refractivity contribution < 1.29 is 29.0 Å². The third-order valence-electron chi connectivity index (χ3n) is 3.14. The van der Waals surface area contributed by atoms with E-state index in [1.807, 2.05) is 0 Å². The van der Waals surface area contributed by atoms with Crippen molar-refractivity contribution in [2.45, 2.75) is 38.8 Å². The lowest BCUT2D eigenvalue weighted by molar-refractivity contribution is -0.515. The first-order valence-electron chi connectivity index (χ1n) is 6.65. The summed E-state index contributed by atoms with van der Waals surface area (Å²) in [7, 11) is 0. The van der Waals surface area contributed by atoms with Crippen molar-refractivity contribution in [2.24, 2.45) is 0 Å². The fourth-order valence-corrected chi connectivity index (χ4v) is 2.26. The molecule has 1 N–H and O–H groups in total. The molecule has 1 rings (SSSR count). The first kappa shape index (κ1) is 18.2. The van der Waals surface area contributed by atoms with Gasteiger partial charge in [-0.3, -0.25) is 34.6 Å². The van der Waals surface area contributed by atoms with Gasteiger partial charge < -0.3 is 10.1 Å². The highest BCUT2D eigenvalue weighted by Gasteiger charge is 2.50. The molecule has 2 atom stereocenters. The minimum absolute atomic E-state index is 0.0812. The Morgan fingerprint density at radius 3 is 2.39 bits per heavy atom. The number of esters is 1. The Bertz CT molecular complexity index is 597. The topological polar surface area (TPSA) is 159 Å². The highest BCUT2D eigenvalue weighted by atomic mass is 16.6. The quantitative estimate of drug-likeness (QED) is 0.283. The molecule has 1 aliphatic heterocycles. The maximum Gasteiger partial charge on any atom is 0.337 e. The lowest BCUT2D eigenvalue weighted by Gasteiger charge is -2.25. The van der Waals surface area contributed by atoms with E-state index in [2.05, 4.69) is 10.1 Å². The van der Waals surface area contributed by atoms with Crippen LogP contribution in [-0.2, 0) is 19.1 Å². The second-order valence-corrected chi connectivity index (χ2v) is 4.80. The second kappa shape index (κ2) is 7.42. The van der Waals surface area contributed by atoms with Crippen molar-refractivity contribution in [2.75, 3.05) is 6.61 Å². The molecule has 0 bridgehead atoms. The van der Waals surface area contributed by atoms with Gasteiger partial charge in [-0.25, -0.2) is 0 Å². The van der Waals surface area contributed by atoms with E-state index >= 15 is 0 Å². The van der Waals surface area contributed by atoms with Gasteiger partial charge in [0.05, 0.1) is 17.2 Å². The van der Waals surface area contributed by atoms with E-state index in [0.717, 1.165) is 0 Å². The number of nitrogens with zero attached hydrogens (tertiary/aromatic N) is 2. The van der Waals surface area contributed by atoms with Crippen molar-refractivity contribution >= 4 is 17.5 Å². The Balaban J connectivity index is 2.95. The lowest BCUT2D eigenvalue weighted by atomic mass is 9.92. The van der Waals surface area contributed by atoms with Crippen LogP contribution in [0.4, 0.5) is 0 Å². The van der Waals surface area contributed by atoms with Crippen molar-refractivity contribution in [3.63, 3.8) is 0 Å². The van der Waals surface area contributed by atoms with Crippen LogP contribution in [0.15, 0.2) is 11.4 Å². The molecule has 0 aliphatic carbocycles. The summed E-state index contributed by atoms with van der Waals surface area (Å²) in [4.78, 5) is 54.8. The van der Waals surface area contributed by atoms with Gasteiger partial charge in [0, 0.05) is 11.3 Å². The van der Waals surface area contributed by atoms with Gasteiger partial charge in [-0.05, 0) is 13.8 Å². The molecule has 126 valence electrons. The third kappa shape index (κ3) is 4.31. The first-order valence-corrected chi connectivity index (χ1v) is 6.65. The largest absolute Gasteiger partial charge is 0.466 e. The van der Waals surface area contributed by atoms with E-state index in [-0.39, 0.29) is 12.3 Å². The zero-order chi connectivity index (χ0) is 17.7. The summed E-state index contributed by atoms with van der Waals surface area (Å²) in [5.74, 6) is -2.72. The summed E-state index contributed by atoms with van der Waals surface area (Å²) >= 11 is 0. The molecule has 1 heterocycles. The maximum absolute atomic E-state index is 12.0. The molecule has 11 nitrogen and oxygen atoms in total. The van der Waals surface area contributed by atoms with Crippen LogP contribution in [-0.4, -0.2) is 46.1 Å². The Morgan fingerprint density at radius 1 is 1.30 bits per heavy atom. The molecule has 0 aromatic heterocycles. The molecule has 0 saturated carbocycles. The van der Waals surface area contributed by atoms with Crippen LogP contribution in [0.2, 0.25) is 0 Å². The van der Waals surface area contributed by atoms with E-state index in [4.69, 9.17) is 0 Å². The summed E-state index contributed by atoms with van der Waals surface area (Å²) in [6, 6.07) is -3.23. The Hall–Kier alpha value is -2.85. The van der Waals surface area contributed by atoms with Crippen LogP contribution in [0.3, 0.4) is 0 Å². The van der Waals surface area contributed by atoms with E-state index in [1.54, 1.807) is 6.92 Å². The molecular formula is C12H15N3O8. The van der Waals surface area contributed by atoms with E-state index in [1.165, 1.54) is 6.92 Å². The fourth-order valence-electron chi connectivity index (χ4n) is 2.26. The Morgan fingerprint density at radius 2 is 1.91 bits per heavy atom. The summed E-state index contributed by atoms with van der Waals surface area (Å²) in [5, 5.41) is 24.3. The number of hydrogen-bond donors (Lipinski definition) is 1. The second-order valence-electron chi connectivity index (χ2n) is 4.80. The average molecular weight is 329 g/mol. The van der Waals surface area contributed by atoms with Crippen molar-refractivity contribution in [3.05, 3.63) is 31.6 Å². The SMILES string of the molecule is CCOC(=O)CC(=O)C[C@@H]1NC(C)=C([N+](=O)[O-])C(=O)[C@@H]1[N+](=O)[O-]. The predicted molar refractivity (Wildman–Crippen MR) is 73.3 cm³/mol. The molecule has 11 heteroatoms. The van der Waals surface area contributed by atoms with Gasteiger partial charge in [-0.1, -0.05) is 0 Å². The number of carbonyl (C=O) groups is 3.